The maximum Gasteiger partial charge on any atom is -0.0202 e. The van der Waals surface area contributed by atoms with Gasteiger partial charge in [-0.2, -0.15) is 0 Å². The quantitative estimate of drug-likeness (QED) is 0.468. The van der Waals surface area contributed by atoms with E-state index in [2.05, 4.69) is 12.7 Å². The van der Waals surface area contributed by atoms with Gasteiger partial charge in [-0.05, 0) is 43.4 Å². The lowest BCUT2D eigenvalue weighted by molar-refractivity contribution is 0.428. The van der Waals surface area contributed by atoms with Crippen molar-refractivity contribution < 1.29 is 0 Å². The van der Waals surface area contributed by atoms with E-state index in [4.69, 9.17) is 0 Å². The Labute approximate surface area is 57.0 Å². The van der Waals surface area contributed by atoms with Crippen molar-refractivity contribution in [3.8, 4) is 0 Å². The van der Waals surface area contributed by atoms with E-state index in [-0.39, 0.29) is 0 Å². The largest absolute Gasteiger partial charge is 0.103 e. The first-order chi connectivity index (χ1) is 4.40. The molecule has 0 heterocycles. The minimum atomic E-state index is 0.855. The predicted octanol–water partition coefficient (Wildman–Crippen LogP) is 2.57. The van der Waals surface area contributed by atoms with Crippen LogP contribution in [0.4, 0.5) is 0 Å². The molecule has 0 N–H and O–H groups in total. The summed E-state index contributed by atoms with van der Waals surface area (Å²) in [5, 5.41) is 0. The zero-order chi connectivity index (χ0) is 6.27. The molecule has 0 aromatic rings. The lowest BCUT2D eigenvalue weighted by Crippen LogP contribution is -2.05. The van der Waals surface area contributed by atoms with Gasteiger partial charge in [0.25, 0.3) is 0 Å². The fourth-order valence-corrected chi connectivity index (χ4v) is 2.29. The molecule has 0 saturated heterocycles. The molecule has 2 fully saturated rings. The van der Waals surface area contributed by atoms with Crippen molar-refractivity contribution in [2.24, 2.45) is 11.8 Å². The van der Waals surface area contributed by atoms with Crippen molar-refractivity contribution in [2.75, 3.05) is 0 Å². The second-order valence-electron chi connectivity index (χ2n) is 3.36. The molecule has 0 spiro atoms. The van der Waals surface area contributed by atoms with E-state index in [9.17, 15) is 0 Å². The summed E-state index contributed by atoms with van der Waals surface area (Å²) in [6, 6.07) is 0. The maximum absolute atomic E-state index is 3.85. The highest BCUT2D eigenvalue weighted by molar-refractivity contribution is 5.12. The van der Waals surface area contributed by atoms with E-state index in [0.717, 1.165) is 11.8 Å². The second-order valence-corrected chi connectivity index (χ2v) is 3.36. The van der Waals surface area contributed by atoms with Crippen molar-refractivity contribution in [2.45, 2.75) is 25.7 Å². The second kappa shape index (κ2) is 1.86. The average molecular weight is 121 g/mol. The summed E-state index contributed by atoms with van der Waals surface area (Å²) in [4.78, 5) is 0. The van der Waals surface area contributed by atoms with Gasteiger partial charge in [-0.3, -0.25) is 0 Å². The number of allylic oxidation sites excluding steroid dienone is 1. The van der Waals surface area contributed by atoms with Crippen molar-refractivity contribution in [1.29, 1.82) is 0 Å². The molecule has 2 bridgehead atoms. The summed E-state index contributed by atoms with van der Waals surface area (Å²) in [5.41, 5.74) is 0. The molecule has 2 aliphatic rings. The molecule has 2 atom stereocenters. The first-order valence-corrected chi connectivity index (χ1v) is 3.86. The lowest BCUT2D eigenvalue weighted by atomic mass is 9.89. The van der Waals surface area contributed by atoms with Crippen LogP contribution in [0.25, 0.3) is 0 Å². The molecular weight excluding hydrogens is 108 g/mol. The van der Waals surface area contributed by atoms with Gasteiger partial charge in [-0.25, -0.2) is 0 Å². The molecule has 2 saturated carbocycles. The monoisotopic (exact) mass is 121 g/mol. The van der Waals surface area contributed by atoms with Crippen molar-refractivity contribution in [3.05, 3.63) is 18.6 Å². The van der Waals surface area contributed by atoms with E-state index in [1.807, 2.05) is 5.92 Å². The summed E-state index contributed by atoms with van der Waals surface area (Å²) in [7, 11) is 0. The summed E-state index contributed by atoms with van der Waals surface area (Å²) in [5.74, 6) is 3.66. The molecule has 2 aliphatic carbocycles. The molecule has 0 aromatic heterocycles. The molecule has 0 heteroatoms. The van der Waals surface area contributed by atoms with Crippen LogP contribution in [0, 0.1) is 17.8 Å². The zero-order valence-corrected chi connectivity index (χ0v) is 5.77. The highest BCUT2D eigenvalue weighted by atomic mass is 14.4. The van der Waals surface area contributed by atoms with Crippen LogP contribution in [0.3, 0.4) is 0 Å². The third-order valence-electron chi connectivity index (χ3n) is 2.85. The summed E-state index contributed by atoms with van der Waals surface area (Å²) >= 11 is 0. The van der Waals surface area contributed by atoms with Gasteiger partial charge < -0.3 is 0 Å². The average Bonchev–Trinajstić information content (AvgIpc) is 2.45. The van der Waals surface area contributed by atoms with Gasteiger partial charge in [0.1, 0.15) is 0 Å². The van der Waals surface area contributed by atoms with Crippen LogP contribution in [0.5, 0.6) is 0 Å². The Hall–Kier alpha value is -0.260. The number of fused-ring (bicyclic) bond motifs is 2. The first-order valence-electron chi connectivity index (χ1n) is 3.86. The fraction of sp³-hybridized carbons (Fsp3) is 0.667. The Morgan fingerprint density at radius 3 is 2.67 bits per heavy atom. The topological polar surface area (TPSA) is 0 Å². The van der Waals surface area contributed by atoms with Gasteiger partial charge in [-0.1, -0.05) is 6.08 Å². The van der Waals surface area contributed by atoms with Crippen molar-refractivity contribution in [3.63, 3.8) is 0 Å². The van der Waals surface area contributed by atoms with E-state index in [0.29, 0.717) is 0 Å². The Morgan fingerprint density at radius 1 is 1.44 bits per heavy atom. The van der Waals surface area contributed by atoms with E-state index >= 15 is 0 Å². The highest BCUT2D eigenvalue weighted by Gasteiger charge is 2.37. The third kappa shape index (κ3) is 0.726. The lowest BCUT2D eigenvalue weighted by Gasteiger charge is -2.16. The molecule has 0 aliphatic heterocycles. The standard InChI is InChI=1S/C9H13/c1-2-8-5-7-3-4-9(8)6-7/h2,8-9H,1,3-6H2. The molecule has 0 aromatic carbocycles. The van der Waals surface area contributed by atoms with Crippen LogP contribution in [0.1, 0.15) is 25.7 Å². The summed E-state index contributed by atoms with van der Waals surface area (Å²) in [6.45, 7) is 3.85. The molecule has 49 valence electrons. The van der Waals surface area contributed by atoms with Gasteiger partial charge in [-0.15, -0.1) is 6.58 Å². The Balaban J connectivity index is 2.09. The normalized spacial score (nSPS) is 41.8. The van der Waals surface area contributed by atoms with Gasteiger partial charge in [0, 0.05) is 0 Å². The smallest absolute Gasteiger partial charge is 0.0202 e. The van der Waals surface area contributed by atoms with Gasteiger partial charge in [0.2, 0.25) is 0 Å². The van der Waals surface area contributed by atoms with E-state index < -0.39 is 0 Å². The van der Waals surface area contributed by atoms with Crippen LogP contribution in [0.15, 0.2) is 12.7 Å². The number of rotatable bonds is 1. The Kier molecular flexibility index (Phi) is 1.14. The molecule has 0 nitrogen and oxygen atoms in total. The van der Waals surface area contributed by atoms with Crippen LogP contribution in [0.2, 0.25) is 0 Å². The van der Waals surface area contributed by atoms with Crippen LogP contribution >= 0.6 is 0 Å². The number of hydrogen-bond acceptors (Lipinski definition) is 0. The SMILES string of the molecule is C=CC1C[C]2CCC1C2. The number of hydrogen-bond donors (Lipinski definition) is 0. The van der Waals surface area contributed by atoms with Gasteiger partial charge >= 0.3 is 0 Å². The van der Waals surface area contributed by atoms with Crippen molar-refractivity contribution >= 4 is 0 Å². The Bertz CT molecular complexity index is 126. The van der Waals surface area contributed by atoms with Gasteiger partial charge in [0.05, 0.1) is 0 Å². The molecule has 1 radical (unpaired) electrons. The first kappa shape index (κ1) is 5.52. The fourth-order valence-electron chi connectivity index (χ4n) is 2.29. The minimum absolute atomic E-state index is 0.855. The molecule has 0 amide bonds. The van der Waals surface area contributed by atoms with Crippen LogP contribution < -0.4 is 0 Å². The van der Waals surface area contributed by atoms with Crippen molar-refractivity contribution in [1.82, 2.24) is 0 Å². The highest BCUT2D eigenvalue weighted by Crippen LogP contribution is 2.49. The molecule has 2 rings (SSSR count). The maximum atomic E-state index is 3.85. The van der Waals surface area contributed by atoms with Crippen LogP contribution in [-0.4, -0.2) is 0 Å². The molecular formula is C9H13. The van der Waals surface area contributed by atoms with Gasteiger partial charge in [0.15, 0.2) is 0 Å². The van der Waals surface area contributed by atoms with Crippen LogP contribution in [-0.2, 0) is 0 Å². The zero-order valence-electron chi connectivity index (χ0n) is 5.77. The predicted molar refractivity (Wildman–Crippen MR) is 38.9 cm³/mol. The minimum Gasteiger partial charge on any atom is -0.103 e. The molecule has 9 heavy (non-hydrogen) atoms. The summed E-state index contributed by atoms with van der Waals surface area (Å²) in [6.07, 6.45) is 7.82. The Morgan fingerprint density at radius 2 is 2.33 bits per heavy atom. The third-order valence-corrected chi connectivity index (χ3v) is 2.85. The summed E-state index contributed by atoms with van der Waals surface area (Å²) < 4.78 is 0. The van der Waals surface area contributed by atoms with E-state index in [1.165, 1.54) is 25.7 Å². The van der Waals surface area contributed by atoms with E-state index in [1.54, 1.807) is 0 Å². The molecule has 2 unspecified atom stereocenters.